The molecule has 2 rings (SSSR count). The van der Waals surface area contributed by atoms with Crippen molar-refractivity contribution in [2.45, 2.75) is 38.1 Å². The molecule has 0 saturated heterocycles. The molecule has 10 nitrogen and oxygen atoms in total. The highest BCUT2D eigenvalue weighted by molar-refractivity contribution is 7.98. The zero-order valence-corrected chi connectivity index (χ0v) is 17.2. The van der Waals surface area contributed by atoms with Crippen LogP contribution in [-0.2, 0) is 6.54 Å². The second kappa shape index (κ2) is 9.41. The van der Waals surface area contributed by atoms with Crippen molar-refractivity contribution < 1.29 is 9.72 Å². The van der Waals surface area contributed by atoms with Crippen molar-refractivity contribution >= 4 is 34.9 Å². The molecule has 0 saturated carbocycles. The van der Waals surface area contributed by atoms with Crippen LogP contribution in [0, 0.1) is 10.1 Å². The highest BCUT2D eigenvalue weighted by Crippen LogP contribution is 2.28. The molecule has 0 unspecified atom stereocenters. The van der Waals surface area contributed by atoms with E-state index in [0.29, 0.717) is 11.3 Å². The minimum atomic E-state index is -0.820. The van der Waals surface area contributed by atoms with Crippen molar-refractivity contribution in [3.8, 4) is 0 Å². The smallest absolute Gasteiger partial charge is 0.330 e. The number of nitrogens with two attached hydrogens (primary N) is 1. The quantitative estimate of drug-likeness (QED) is 0.378. The molecule has 0 spiro atoms. The summed E-state index contributed by atoms with van der Waals surface area (Å²) in [6, 6.07) is 4.20. The van der Waals surface area contributed by atoms with Crippen molar-refractivity contribution in [3.05, 3.63) is 54.7 Å². The highest BCUT2D eigenvalue weighted by atomic mass is 32.2. The topological polar surface area (TPSA) is 144 Å². The first kappa shape index (κ1) is 22.2. The number of benzene rings is 1. The predicted octanol–water partition coefficient (Wildman–Crippen LogP) is 2.22. The van der Waals surface area contributed by atoms with Gasteiger partial charge < -0.3 is 10.6 Å². The van der Waals surface area contributed by atoms with Gasteiger partial charge in [0.15, 0.2) is 5.69 Å². The van der Waals surface area contributed by atoms with E-state index in [2.05, 4.69) is 4.98 Å². The van der Waals surface area contributed by atoms with E-state index in [0.717, 1.165) is 11.3 Å². The van der Waals surface area contributed by atoms with Gasteiger partial charge in [-0.15, -0.1) is 11.8 Å². The number of anilines is 2. The molecule has 1 aromatic carbocycles. The van der Waals surface area contributed by atoms with Crippen LogP contribution in [-0.4, -0.2) is 33.2 Å². The fourth-order valence-electron chi connectivity index (χ4n) is 2.90. The van der Waals surface area contributed by atoms with Crippen LogP contribution in [0.25, 0.3) is 0 Å². The largest absolute Gasteiger partial charge is 0.383 e. The Kier molecular flexibility index (Phi) is 7.21. The van der Waals surface area contributed by atoms with Crippen LogP contribution in [0.2, 0.25) is 0 Å². The number of nitro groups is 1. The Morgan fingerprint density at radius 1 is 1.34 bits per heavy atom. The number of nitro benzene ring substituents is 1. The zero-order valence-electron chi connectivity index (χ0n) is 16.4. The van der Waals surface area contributed by atoms with Crippen LogP contribution >= 0.6 is 11.8 Å². The molecule has 0 aliphatic carbocycles. The van der Waals surface area contributed by atoms with Gasteiger partial charge in [0, 0.05) is 24.1 Å². The minimum absolute atomic E-state index is 0.0265. The number of hydrogen-bond donors (Lipinski definition) is 2. The molecule has 11 heteroatoms. The molecule has 1 aromatic heterocycles. The van der Waals surface area contributed by atoms with Gasteiger partial charge in [0.2, 0.25) is 0 Å². The molecule has 0 aliphatic rings. The summed E-state index contributed by atoms with van der Waals surface area (Å²) in [6.45, 7) is 3.85. The molecule has 0 atom stereocenters. The molecule has 29 heavy (non-hydrogen) atoms. The van der Waals surface area contributed by atoms with E-state index in [1.165, 1.54) is 28.5 Å². The molecule has 3 N–H and O–H groups in total. The second-order valence-corrected chi connectivity index (χ2v) is 7.07. The van der Waals surface area contributed by atoms with Gasteiger partial charge in [-0.05, 0) is 31.7 Å². The fraction of sp³-hybridized carbons (Fsp3) is 0.389. The van der Waals surface area contributed by atoms with Gasteiger partial charge in [-0.1, -0.05) is 13.3 Å². The van der Waals surface area contributed by atoms with Crippen LogP contribution < -0.4 is 21.9 Å². The number of hydrogen-bond acceptors (Lipinski definition) is 7. The molecule has 0 bridgehead atoms. The number of nitrogen functional groups attached to an aromatic ring is 1. The van der Waals surface area contributed by atoms with Gasteiger partial charge >= 0.3 is 5.69 Å². The van der Waals surface area contributed by atoms with Gasteiger partial charge in [-0.25, -0.2) is 4.79 Å². The Hall–Kier alpha value is -3.08. The number of amides is 1. The number of unbranched alkanes of at least 4 members (excludes halogenated alkanes) is 1. The maximum atomic E-state index is 13.2. The average molecular weight is 421 g/mol. The monoisotopic (exact) mass is 421 g/mol. The summed E-state index contributed by atoms with van der Waals surface area (Å²) >= 11 is 1.32. The van der Waals surface area contributed by atoms with Crippen LogP contribution in [0.3, 0.4) is 0 Å². The number of H-pyrrole nitrogens is 1. The second-order valence-electron chi connectivity index (χ2n) is 6.19. The Morgan fingerprint density at radius 2 is 2.03 bits per heavy atom. The summed E-state index contributed by atoms with van der Waals surface area (Å²) in [6.07, 6.45) is 3.22. The number of carbonyl (C=O) groups excluding carboxylic acids is 1. The molecule has 1 heterocycles. The van der Waals surface area contributed by atoms with Gasteiger partial charge in [-0.2, -0.15) is 0 Å². The number of carbonyl (C=O) groups is 1. The summed E-state index contributed by atoms with van der Waals surface area (Å²) in [5.41, 5.74) is 3.87. The molecule has 0 aliphatic heterocycles. The lowest BCUT2D eigenvalue weighted by Crippen LogP contribution is -2.41. The third kappa shape index (κ3) is 4.50. The predicted molar refractivity (Wildman–Crippen MR) is 113 cm³/mol. The average Bonchev–Trinajstić information content (AvgIpc) is 2.69. The third-order valence-corrected chi connectivity index (χ3v) is 5.14. The Labute approximate surface area is 170 Å². The fourth-order valence-corrected chi connectivity index (χ4v) is 3.34. The van der Waals surface area contributed by atoms with Crippen LogP contribution in [0.1, 0.15) is 37.0 Å². The number of aromatic nitrogens is 2. The molecule has 0 fully saturated rings. The van der Waals surface area contributed by atoms with E-state index < -0.39 is 22.1 Å². The maximum absolute atomic E-state index is 13.2. The van der Waals surface area contributed by atoms with E-state index in [9.17, 15) is 24.5 Å². The Bertz CT molecular complexity index is 1050. The van der Waals surface area contributed by atoms with Crippen molar-refractivity contribution in [2.24, 2.45) is 0 Å². The van der Waals surface area contributed by atoms with E-state index in [4.69, 9.17) is 5.73 Å². The van der Waals surface area contributed by atoms with Crippen molar-refractivity contribution in [2.75, 3.05) is 23.4 Å². The molecule has 2 aromatic rings. The first-order valence-corrected chi connectivity index (χ1v) is 10.3. The first-order valence-electron chi connectivity index (χ1n) is 9.03. The molecule has 1 amide bonds. The molecule has 0 radical (unpaired) electrons. The summed E-state index contributed by atoms with van der Waals surface area (Å²) in [4.78, 5) is 52.5. The normalized spacial score (nSPS) is 10.7. The minimum Gasteiger partial charge on any atom is -0.383 e. The summed E-state index contributed by atoms with van der Waals surface area (Å²) in [5.74, 6) is -0.890. The number of rotatable bonds is 8. The molecule has 156 valence electrons. The van der Waals surface area contributed by atoms with Crippen LogP contribution in [0.5, 0.6) is 0 Å². The third-order valence-electron chi connectivity index (χ3n) is 4.41. The van der Waals surface area contributed by atoms with Gasteiger partial charge in [0.05, 0.1) is 4.92 Å². The molecular weight excluding hydrogens is 398 g/mol. The number of thioether (sulfide) groups is 1. The van der Waals surface area contributed by atoms with Crippen LogP contribution in [0.4, 0.5) is 17.2 Å². The number of aromatic amines is 1. The van der Waals surface area contributed by atoms with Crippen LogP contribution in [0.15, 0.2) is 32.7 Å². The van der Waals surface area contributed by atoms with Crippen molar-refractivity contribution in [1.29, 1.82) is 0 Å². The van der Waals surface area contributed by atoms with Crippen molar-refractivity contribution in [3.63, 3.8) is 0 Å². The van der Waals surface area contributed by atoms with E-state index in [-0.39, 0.29) is 35.8 Å². The lowest BCUT2D eigenvalue weighted by atomic mass is 10.1. The summed E-state index contributed by atoms with van der Waals surface area (Å²) in [5, 5.41) is 11.4. The SMILES string of the molecule is CCCCn1c(N)c(N(CC)C(=O)c2cc(SC)ccc2[N+](=O)[O-])c(=O)[nH]c1=O. The number of nitrogens with zero attached hydrogens (tertiary/aromatic N) is 3. The highest BCUT2D eigenvalue weighted by Gasteiger charge is 2.29. The standard InChI is InChI=1S/C18H23N5O5S/c1-4-6-9-22-15(19)14(16(24)20-18(22)26)21(5-2)17(25)12-10-11(29-3)7-8-13(12)23(27)28/h7-8,10H,4-6,9,19H2,1-3H3,(H,20,24,26). The van der Waals surface area contributed by atoms with E-state index in [1.807, 2.05) is 6.92 Å². The zero-order chi connectivity index (χ0) is 21.7. The van der Waals surface area contributed by atoms with Gasteiger partial charge in [0.25, 0.3) is 17.2 Å². The Morgan fingerprint density at radius 3 is 2.59 bits per heavy atom. The first-order chi connectivity index (χ1) is 13.8. The lowest BCUT2D eigenvalue weighted by Gasteiger charge is -2.23. The van der Waals surface area contributed by atoms with E-state index >= 15 is 0 Å². The van der Waals surface area contributed by atoms with Crippen molar-refractivity contribution in [1.82, 2.24) is 9.55 Å². The maximum Gasteiger partial charge on any atom is 0.330 e. The van der Waals surface area contributed by atoms with E-state index in [1.54, 1.807) is 19.2 Å². The Balaban J connectivity index is 2.66. The van der Waals surface area contributed by atoms with Gasteiger partial charge in [0.1, 0.15) is 11.4 Å². The number of nitrogens with one attached hydrogen (secondary N) is 1. The van der Waals surface area contributed by atoms with Gasteiger partial charge in [-0.3, -0.25) is 29.3 Å². The summed E-state index contributed by atoms with van der Waals surface area (Å²) in [7, 11) is 0. The molecular formula is C18H23N5O5S. The summed E-state index contributed by atoms with van der Waals surface area (Å²) < 4.78 is 1.20. The lowest BCUT2D eigenvalue weighted by molar-refractivity contribution is -0.385.